The highest BCUT2D eigenvalue weighted by Gasteiger charge is 2.23. The van der Waals surface area contributed by atoms with Crippen LogP contribution < -0.4 is 0 Å². The SMILES string of the molecule is CC(c1cc(C(=O)O)c(O)c(C(C)c2ccccc2)c1)c1ccccc1Cc1ccccc1. The molecule has 0 saturated carbocycles. The van der Waals surface area contributed by atoms with Crippen molar-refractivity contribution >= 4 is 5.97 Å². The van der Waals surface area contributed by atoms with Crippen molar-refractivity contribution in [3.63, 3.8) is 0 Å². The molecule has 4 aromatic rings. The standard InChI is InChI=1S/C30H28O3/c1-20(23-13-7-4-8-14-23)27-18-25(19-28(29(27)31)30(32)33)21(2)26-16-10-9-15-24(26)17-22-11-5-3-6-12-22/h3-16,18-21,31H,17H2,1-2H3,(H,32,33). The van der Waals surface area contributed by atoms with E-state index in [1.54, 1.807) is 6.07 Å². The van der Waals surface area contributed by atoms with Gasteiger partial charge in [-0.2, -0.15) is 0 Å². The number of carboxylic acid groups (broad SMARTS) is 1. The molecule has 166 valence electrons. The van der Waals surface area contributed by atoms with Crippen molar-refractivity contribution in [2.75, 3.05) is 0 Å². The zero-order valence-corrected chi connectivity index (χ0v) is 18.9. The molecule has 0 aliphatic heterocycles. The van der Waals surface area contributed by atoms with Crippen LogP contribution in [0.3, 0.4) is 0 Å². The van der Waals surface area contributed by atoms with Crippen molar-refractivity contribution in [3.05, 3.63) is 136 Å². The van der Waals surface area contributed by atoms with Crippen LogP contribution in [0, 0.1) is 0 Å². The van der Waals surface area contributed by atoms with Crippen LogP contribution >= 0.6 is 0 Å². The molecule has 4 aromatic carbocycles. The lowest BCUT2D eigenvalue weighted by Gasteiger charge is -2.22. The summed E-state index contributed by atoms with van der Waals surface area (Å²) in [5.74, 6) is -1.46. The summed E-state index contributed by atoms with van der Waals surface area (Å²) in [5.41, 5.74) is 6.07. The fourth-order valence-electron chi connectivity index (χ4n) is 4.46. The van der Waals surface area contributed by atoms with E-state index in [1.807, 2.05) is 73.7 Å². The molecule has 2 N–H and O–H groups in total. The summed E-state index contributed by atoms with van der Waals surface area (Å²) in [4.78, 5) is 12.0. The van der Waals surface area contributed by atoms with Gasteiger partial charge in [0, 0.05) is 17.4 Å². The number of hydrogen-bond donors (Lipinski definition) is 2. The Hall–Kier alpha value is -3.85. The molecule has 0 aliphatic rings. The lowest BCUT2D eigenvalue weighted by Crippen LogP contribution is -2.08. The van der Waals surface area contributed by atoms with Crippen LogP contribution in [0.15, 0.2) is 97.1 Å². The summed E-state index contributed by atoms with van der Waals surface area (Å²) in [6, 6.07) is 32.0. The fraction of sp³-hybridized carbons (Fsp3) is 0.167. The molecular formula is C30H28O3. The molecule has 0 saturated heterocycles. The third-order valence-corrected chi connectivity index (χ3v) is 6.42. The van der Waals surface area contributed by atoms with Crippen molar-refractivity contribution < 1.29 is 15.0 Å². The van der Waals surface area contributed by atoms with Crippen LogP contribution in [-0.2, 0) is 6.42 Å². The second kappa shape index (κ2) is 9.74. The van der Waals surface area contributed by atoms with E-state index in [9.17, 15) is 15.0 Å². The minimum atomic E-state index is -1.12. The predicted molar refractivity (Wildman–Crippen MR) is 132 cm³/mol. The molecule has 0 fully saturated rings. The van der Waals surface area contributed by atoms with E-state index in [0.717, 1.165) is 23.1 Å². The largest absolute Gasteiger partial charge is 0.507 e. The van der Waals surface area contributed by atoms with Gasteiger partial charge in [-0.1, -0.05) is 105 Å². The van der Waals surface area contributed by atoms with Crippen molar-refractivity contribution in [3.8, 4) is 5.75 Å². The molecule has 4 rings (SSSR count). The third kappa shape index (κ3) is 4.83. The maximum atomic E-state index is 12.0. The zero-order chi connectivity index (χ0) is 23.4. The quantitative estimate of drug-likeness (QED) is 0.328. The van der Waals surface area contributed by atoms with E-state index in [4.69, 9.17) is 0 Å². The van der Waals surface area contributed by atoms with Gasteiger partial charge in [0.15, 0.2) is 0 Å². The first-order valence-electron chi connectivity index (χ1n) is 11.2. The molecule has 0 amide bonds. The van der Waals surface area contributed by atoms with E-state index in [1.165, 1.54) is 11.1 Å². The summed E-state index contributed by atoms with van der Waals surface area (Å²) < 4.78 is 0. The molecule has 0 spiro atoms. The summed E-state index contributed by atoms with van der Waals surface area (Å²) in [6.07, 6.45) is 0.804. The molecule has 3 heteroatoms. The Morgan fingerprint density at radius 1 is 0.727 bits per heavy atom. The van der Waals surface area contributed by atoms with E-state index in [0.29, 0.717) is 5.56 Å². The van der Waals surface area contributed by atoms with E-state index < -0.39 is 5.97 Å². The summed E-state index contributed by atoms with van der Waals surface area (Å²) in [5, 5.41) is 20.6. The monoisotopic (exact) mass is 436 g/mol. The highest BCUT2D eigenvalue weighted by Crippen LogP contribution is 2.38. The minimum absolute atomic E-state index is 0.0367. The van der Waals surface area contributed by atoms with Gasteiger partial charge in [-0.15, -0.1) is 0 Å². The average molecular weight is 437 g/mol. The second-order valence-corrected chi connectivity index (χ2v) is 8.53. The Balaban J connectivity index is 1.78. The van der Waals surface area contributed by atoms with Crippen molar-refractivity contribution in [1.29, 1.82) is 0 Å². The average Bonchev–Trinajstić information content (AvgIpc) is 2.84. The lowest BCUT2D eigenvalue weighted by molar-refractivity contribution is 0.0693. The van der Waals surface area contributed by atoms with E-state index in [2.05, 4.69) is 31.2 Å². The first-order valence-corrected chi connectivity index (χ1v) is 11.2. The van der Waals surface area contributed by atoms with Crippen LogP contribution in [-0.4, -0.2) is 16.2 Å². The molecule has 0 heterocycles. The Morgan fingerprint density at radius 3 is 1.97 bits per heavy atom. The van der Waals surface area contributed by atoms with Crippen LogP contribution in [0.5, 0.6) is 5.75 Å². The number of aromatic carboxylic acids is 1. The van der Waals surface area contributed by atoms with E-state index >= 15 is 0 Å². The molecule has 0 aliphatic carbocycles. The Morgan fingerprint density at radius 2 is 1.30 bits per heavy atom. The normalized spacial score (nSPS) is 12.8. The summed E-state index contributed by atoms with van der Waals surface area (Å²) in [6.45, 7) is 4.09. The molecule has 0 bridgehead atoms. The van der Waals surface area contributed by atoms with Gasteiger partial charge in [0.05, 0.1) is 0 Å². The second-order valence-electron chi connectivity index (χ2n) is 8.53. The van der Waals surface area contributed by atoms with Crippen LogP contribution in [0.25, 0.3) is 0 Å². The Bertz CT molecular complexity index is 1250. The topological polar surface area (TPSA) is 57.5 Å². The van der Waals surface area contributed by atoms with Gasteiger partial charge in [0.2, 0.25) is 0 Å². The van der Waals surface area contributed by atoms with Gasteiger partial charge < -0.3 is 10.2 Å². The number of rotatable bonds is 7. The number of aromatic hydroxyl groups is 1. The maximum Gasteiger partial charge on any atom is 0.339 e. The third-order valence-electron chi connectivity index (χ3n) is 6.42. The van der Waals surface area contributed by atoms with E-state index in [-0.39, 0.29) is 23.1 Å². The molecule has 2 unspecified atom stereocenters. The van der Waals surface area contributed by atoms with Crippen LogP contribution in [0.4, 0.5) is 0 Å². The predicted octanol–water partition coefficient (Wildman–Crippen LogP) is 6.98. The van der Waals surface area contributed by atoms with Crippen LogP contribution in [0.2, 0.25) is 0 Å². The van der Waals surface area contributed by atoms with Gasteiger partial charge in [-0.25, -0.2) is 4.79 Å². The maximum absolute atomic E-state index is 12.0. The first-order chi connectivity index (χ1) is 16.0. The van der Waals surface area contributed by atoms with Gasteiger partial charge in [0.25, 0.3) is 0 Å². The smallest absolute Gasteiger partial charge is 0.339 e. The number of hydrogen-bond acceptors (Lipinski definition) is 2. The number of phenols is 1. The number of carboxylic acids is 1. The molecule has 3 nitrogen and oxygen atoms in total. The lowest BCUT2D eigenvalue weighted by atomic mass is 9.83. The van der Waals surface area contributed by atoms with Crippen molar-refractivity contribution in [2.24, 2.45) is 0 Å². The molecule has 33 heavy (non-hydrogen) atoms. The van der Waals surface area contributed by atoms with Gasteiger partial charge in [-0.05, 0) is 40.3 Å². The number of carbonyl (C=O) groups is 1. The first kappa shape index (κ1) is 22.3. The number of benzene rings is 4. The summed E-state index contributed by atoms with van der Waals surface area (Å²) in [7, 11) is 0. The zero-order valence-electron chi connectivity index (χ0n) is 18.9. The molecule has 2 atom stereocenters. The van der Waals surface area contributed by atoms with Gasteiger partial charge >= 0.3 is 5.97 Å². The van der Waals surface area contributed by atoms with Gasteiger partial charge in [-0.3, -0.25) is 0 Å². The van der Waals surface area contributed by atoms with Crippen molar-refractivity contribution in [2.45, 2.75) is 32.1 Å². The molecular weight excluding hydrogens is 408 g/mol. The minimum Gasteiger partial charge on any atom is -0.507 e. The van der Waals surface area contributed by atoms with Gasteiger partial charge in [0.1, 0.15) is 11.3 Å². The Kier molecular flexibility index (Phi) is 6.60. The molecule has 0 aromatic heterocycles. The van der Waals surface area contributed by atoms with Crippen molar-refractivity contribution in [1.82, 2.24) is 0 Å². The Labute approximate surface area is 195 Å². The molecule has 0 radical (unpaired) electrons. The van der Waals surface area contributed by atoms with Crippen LogP contribution in [0.1, 0.15) is 69.4 Å². The highest BCUT2D eigenvalue weighted by atomic mass is 16.4. The highest BCUT2D eigenvalue weighted by molar-refractivity contribution is 5.91. The fourth-order valence-corrected chi connectivity index (χ4v) is 4.46. The summed E-state index contributed by atoms with van der Waals surface area (Å²) >= 11 is 0.